The lowest BCUT2D eigenvalue weighted by molar-refractivity contribution is -0.141. The number of nitrogens with zero attached hydrogens (tertiary/aromatic N) is 4. The largest absolute Gasteiger partial charge is 0.468 e. The van der Waals surface area contributed by atoms with E-state index in [4.69, 9.17) is 16.3 Å². The van der Waals surface area contributed by atoms with E-state index in [0.717, 1.165) is 11.1 Å². The molecule has 27 heavy (non-hydrogen) atoms. The normalized spacial score (nSPS) is 10.9. The summed E-state index contributed by atoms with van der Waals surface area (Å²) in [6.07, 6.45) is 0. The summed E-state index contributed by atoms with van der Waals surface area (Å²) in [5.74, 6) is -0.427. The van der Waals surface area contributed by atoms with Crippen molar-refractivity contribution in [1.82, 2.24) is 20.0 Å². The summed E-state index contributed by atoms with van der Waals surface area (Å²) in [5.41, 5.74) is 3.38. The van der Waals surface area contributed by atoms with E-state index < -0.39 is 5.97 Å². The predicted molar refractivity (Wildman–Crippen MR) is 103 cm³/mol. The van der Waals surface area contributed by atoms with Crippen molar-refractivity contribution < 1.29 is 9.53 Å². The van der Waals surface area contributed by atoms with Gasteiger partial charge in [0.2, 0.25) is 0 Å². The number of benzene rings is 2. The summed E-state index contributed by atoms with van der Waals surface area (Å²) in [7, 11) is 1.33. The van der Waals surface area contributed by atoms with E-state index in [0.29, 0.717) is 27.4 Å². The molecule has 0 aliphatic carbocycles. The molecule has 0 aliphatic heterocycles. The fraction of sp³-hybridized carbons (Fsp3) is 0.100. The molecule has 4 rings (SSSR count). The average molecular weight is 379 g/mol. The molecule has 0 radical (unpaired) electrons. The molecule has 0 N–H and O–H groups in total. The molecule has 0 saturated heterocycles. The summed E-state index contributed by atoms with van der Waals surface area (Å²) >= 11 is 6.74. The van der Waals surface area contributed by atoms with Crippen molar-refractivity contribution in [2.75, 3.05) is 7.11 Å². The van der Waals surface area contributed by atoms with Gasteiger partial charge in [-0.05, 0) is 0 Å². The molecule has 6 nitrogen and oxygen atoms in total. The minimum atomic E-state index is -0.427. The van der Waals surface area contributed by atoms with E-state index in [1.54, 1.807) is 0 Å². The van der Waals surface area contributed by atoms with E-state index in [-0.39, 0.29) is 6.54 Å². The summed E-state index contributed by atoms with van der Waals surface area (Å²) in [6.45, 7) is -0.0739. The van der Waals surface area contributed by atoms with E-state index in [2.05, 4.69) is 15.3 Å². The Hall–Kier alpha value is -3.25. The molecule has 0 atom stereocenters. The number of carbonyl (C=O) groups excluding carboxylic acids is 1. The first-order valence-electron chi connectivity index (χ1n) is 8.29. The highest BCUT2D eigenvalue weighted by atomic mass is 35.5. The molecule has 0 spiro atoms. The van der Waals surface area contributed by atoms with Crippen molar-refractivity contribution in [3.8, 4) is 22.5 Å². The van der Waals surface area contributed by atoms with Crippen molar-refractivity contribution in [3.05, 3.63) is 65.7 Å². The van der Waals surface area contributed by atoms with Gasteiger partial charge in [-0.2, -0.15) is 5.10 Å². The Morgan fingerprint density at radius 2 is 1.56 bits per heavy atom. The highest BCUT2D eigenvalue weighted by molar-refractivity contribution is 6.38. The Kier molecular flexibility index (Phi) is 4.56. The number of hydrogen-bond donors (Lipinski definition) is 0. The summed E-state index contributed by atoms with van der Waals surface area (Å²) in [6, 6.07) is 19.2. The summed E-state index contributed by atoms with van der Waals surface area (Å²) in [5, 5.41) is 14.3. The fourth-order valence-electron chi connectivity index (χ4n) is 2.89. The van der Waals surface area contributed by atoms with E-state index >= 15 is 0 Å². The molecule has 2 aromatic carbocycles. The third-order valence-electron chi connectivity index (χ3n) is 4.20. The van der Waals surface area contributed by atoms with Crippen LogP contribution in [0, 0.1) is 0 Å². The van der Waals surface area contributed by atoms with E-state index in [1.165, 1.54) is 11.8 Å². The molecule has 0 unspecified atom stereocenters. The van der Waals surface area contributed by atoms with Gasteiger partial charge in [-0.15, -0.1) is 10.2 Å². The maximum absolute atomic E-state index is 11.8. The van der Waals surface area contributed by atoms with Crippen molar-refractivity contribution in [1.29, 1.82) is 0 Å². The summed E-state index contributed by atoms with van der Waals surface area (Å²) < 4.78 is 6.23. The SMILES string of the molecule is COC(=O)Cn1nc(-c2ccccc2)c2c(Cl)c(-c3ccccc3)nnc21. The van der Waals surface area contributed by atoms with Crippen LogP contribution in [-0.2, 0) is 16.1 Å². The van der Waals surface area contributed by atoms with Gasteiger partial charge in [-0.1, -0.05) is 72.3 Å². The van der Waals surface area contributed by atoms with Crippen LogP contribution in [0.15, 0.2) is 60.7 Å². The third kappa shape index (κ3) is 3.15. The maximum Gasteiger partial charge on any atom is 0.327 e. The second-order valence-electron chi connectivity index (χ2n) is 5.88. The molecule has 0 aliphatic rings. The lowest BCUT2D eigenvalue weighted by Gasteiger charge is -2.05. The first-order chi connectivity index (χ1) is 13.2. The monoisotopic (exact) mass is 378 g/mol. The smallest absolute Gasteiger partial charge is 0.327 e. The van der Waals surface area contributed by atoms with Gasteiger partial charge in [0.25, 0.3) is 0 Å². The Labute approximate surface area is 160 Å². The number of aromatic nitrogens is 4. The number of ether oxygens (including phenoxy) is 1. The van der Waals surface area contributed by atoms with Gasteiger partial charge in [0, 0.05) is 11.1 Å². The number of rotatable bonds is 4. The minimum Gasteiger partial charge on any atom is -0.468 e. The predicted octanol–water partition coefficient (Wildman–Crippen LogP) is 3.99. The quantitative estimate of drug-likeness (QED) is 0.502. The molecular weight excluding hydrogens is 364 g/mol. The van der Waals surface area contributed by atoms with Crippen LogP contribution >= 0.6 is 11.6 Å². The Balaban J connectivity index is 1.98. The standard InChI is InChI=1S/C20H15ClN4O2/c1-27-15(26)12-25-20-16(18(24-25)13-8-4-2-5-9-13)17(21)19(22-23-20)14-10-6-3-7-11-14/h2-11H,12H2,1H3. The van der Waals surface area contributed by atoms with Gasteiger partial charge in [0.05, 0.1) is 17.5 Å². The van der Waals surface area contributed by atoms with E-state index in [1.807, 2.05) is 60.7 Å². The zero-order valence-corrected chi connectivity index (χ0v) is 15.2. The molecular formula is C20H15ClN4O2. The van der Waals surface area contributed by atoms with Crippen molar-refractivity contribution in [3.63, 3.8) is 0 Å². The molecule has 2 aromatic heterocycles. The van der Waals surface area contributed by atoms with Gasteiger partial charge in [-0.25, -0.2) is 4.68 Å². The summed E-state index contributed by atoms with van der Waals surface area (Å²) in [4.78, 5) is 11.8. The first-order valence-corrected chi connectivity index (χ1v) is 8.67. The lowest BCUT2D eigenvalue weighted by Crippen LogP contribution is -2.13. The third-order valence-corrected chi connectivity index (χ3v) is 4.57. The van der Waals surface area contributed by atoms with Gasteiger partial charge < -0.3 is 4.74 Å². The number of hydrogen-bond acceptors (Lipinski definition) is 5. The van der Waals surface area contributed by atoms with Crippen LogP contribution in [0.4, 0.5) is 0 Å². The van der Waals surface area contributed by atoms with Crippen LogP contribution in [0.25, 0.3) is 33.5 Å². The van der Waals surface area contributed by atoms with Crippen LogP contribution in [0.5, 0.6) is 0 Å². The minimum absolute atomic E-state index is 0.0739. The van der Waals surface area contributed by atoms with Crippen molar-refractivity contribution in [2.24, 2.45) is 0 Å². The highest BCUT2D eigenvalue weighted by Crippen LogP contribution is 2.37. The van der Waals surface area contributed by atoms with Crippen LogP contribution < -0.4 is 0 Å². The number of carbonyl (C=O) groups is 1. The molecule has 0 bridgehead atoms. The average Bonchev–Trinajstić information content (AvgIpc) is 3.08. The molecule has 0 amide bonds. The van der Waals surface area contributed by atoms with Crippen molar-refractivity contribution >= 4 is 28.6 Å². The van der Waals surface area contributed by atoms with Crippen LogP contribution in [0.1, 0.15) is 0 Å². The van der Waals surface area contributed by atoms with Gasteiger partial charge in [-0.3, -0.25) is 4.79 Å². The van der Waals surface area contributed by atoms with Gasteiger partial charge in [0.15, 0.2) is 5.65 Å². The topological polar surface area (TPSA) is 69.9 Å². The highest BCUT2D eigenvalue weighted by Gasteiger charge is 2.22. The number of fused-ring (bicyclic) bond motifs is 1. The molecule has 134 valence electrons. The first kappa shape index (κ1) is 17.2. The molecule has 0 fully saturated rings. The lowest BCUT2D eigenvalue weighted by atomic mass is 10.1. The Morgan fingerprint density at radius 3 is 2.15 bits per heavy atom. The van der Waals surface area contributed by atoms with Crippen LogP contribution in [0.3, 0.4) is 0 Å². The maximum atomic E-state index is 11.8. The van der Waals surface area contributed by atoms with Crippen LogP contribution in [0.2, 0.25) is 5.02 Å². The Morgan fingerprint density at radius 1 is 0.963 bits per heavy atom. The number of esters is 1. The Bertz CT molecular complexity index is 1110. The molecule has 0 saturated carbocycles. The second-order valence-corrected chi connectivity index (χ2v) is 6.25. The fourth-order valence-corrected chi connectivity index (χ4v) is 3.21. The zero-order chi connectivity index (χ0) is 18.8. The van der Waals surface area contributed by atoms with Gasteiger partial charge >= 0.3 is 5.97 Å². The molecule has 2 heterocycles. The second kappa shape index (κ2) is 7.17. The number of halogens is 1. The zero-order valence-electron chi connectivity index (χ0n) is 14.5. The van der Waals surface area contributed by atoms with E-state index in [9.17, 15) is 4.79 Å². The van der Waals surface area contributed by atoms with Gasteiger partial charge in [0.1, 0.15) is 17.9 Å². The molecule has 7 heteroatoms. The van der Waals surface area contributed by atoms with Crippen molar-refractivity contribution in [2.45, 2.75) is 6.54 Å². The number of methoxy groups -OCH3 is 1. The molecule has 4 aromatic rings. The van der Waals surface area contributed by atoms with Crippen LogP contribution in [-0.4, -0.2) is 33.1 Å².